The van der Waals surface area contributed by atoms with Crippen molar-refractivity contribution >= 4 is 23.2 Å². The molecule has 0 saturated carbocycles. The van der Waals surface area contributed by atoms with Gasteiger partial charge in [-0.25, -0.2) is 0 Å². The maximum absolute atomic E-state index is 12.6. The molecular weight excluding hydrogens is 300 g/mol. The summed E-state index contributed by atoms with van der Waals surface area (Å²) in [5.74, 6) is 0.341. The van der Waals surface area contributed by atoms with E-state index in [0.29, 0.717) is 19.6 Å². The molecule has 0 unspecified atom stereocenters. The number of β-lactam (4-membered cyclic amide) rings is 1. The van der Waals surface area contributed by atoms with E-state index in [1.165, 1.54) is 0 Å². The van der Waals surface area contributed by atoms with E-state index in [1.807, 2.05) is 11.1 Å². The SMILES string of the molecule is CN(C)C(=O)CN1CCC[C@]2(C1)CN(Cc1cncs1)C2=O. The average molecular weight is 322 g/mol. The summed E-state index contributed by atoms with van der Waals surface area (Å²) in [5, 5.41) is 0. The van der Waals surface area contributed by atoms with Crippen molar-refractivity contribution in [1.29, 1.82) is 0 Å². The molecule has 2 saturated heterocycles. The number of carbonyl (C=O) groups is 2. The van der Waals surface area contributed by atoms with Crippen LogP contribution >= 0.6 is 11.3 Å². The van der Waals surface area contributed by atoms with E-state index in [9.17, 15) is 9.59 Å². The molecule has 0 aromatic carbocycles. The van der Waals surface area contributed by atoms with Gasteiger partial charge in [-0.05, 0) is 19.4 Å². The third-order valence-electron chi connectivity index (χ3n) is 4.58. The Morgan fingerprint density at radius 2 is 2.27 bits per heavy atom. The summed E-state index contributed by atoms with van der Waals surface area (Å²) < 4.78 is 0. The second-order valence-electron chi connectivity index (χ2n) is 6.51. The zero-order valence-electron chi connectivity index (χ0n) is 13.1. The summed E-state index contributed by atoms with van der Waals surface area (Å²) in [6, 6.07) is 0. The normalized spacial score (nSPS) is 25.4. The van der Waals surface area contributed by atoms with Crippen LogP contribution in [0.15, 0.2) is 11.7 Å². The van der Waals surface area contributed by atoms with Crippen LogP contribution in [0, 0.1) is 5.41 Å². The van der Waals surface area contributed by atoms with Gasteiger partial charge < -0.3 is 9.80 Å². The first-order chi connectivity index (χ1) is 10.5. The first kappa shape index (κ1) is 15.4. The molecular formula is C15H22N4O2S. The quantitative estimate of drug-likeness (QED) is 0.764. The lowest BCUT2D eigenvalue weighted by atomic mass is 9.72. The number of aromatic nitrogens is 1. The van der Waals surface area contributed by atoms with Crippen LogP contribution in [0.1, 0.15) is 17.7 Å². The van der Waals surface area contributed by atoms with Gasteiger partial charge in [-0.2, -0.15) is 0 Å². The van der Waals surface area contributed by atoms with Crippen LogP contribution in [-0.2, 0) is 16.1 Å². The molecule has 1 aromatic rings. The molecule has 7 heteroatoms. The lowest BCUT2D eigenvalue weighted by molar-refractivity contribution is -0.168. The van der Waals surface area contributed by atoms with Gasteiger partial charge in [0.15, 0.2) is 0 Å². The summed E-state index contributed by atoms with van der Waals surface area (Å²) in [5.41, 5.74) is 1.54. The highest BCUT2D eigenvalue weighted by molar-refractivity contribution is 7.09. The molecule has 2 fully saturated rings. The standard InChI is InChI=1S/C15H22N4O2S/c1-17(2)13(20)8-18-5-3-4-15(9-18)10-19(14(15)21)7-12-6-16-11-22-12/h6,11H,3-5,7-10H2,1-2H3/t15-/m0/s1. The molecule has 3 rings (SSSR count). The largest absolute Gasteiger partial charge is 0.348 e. The molecule has 0 N–H and O–H groups in total. The monoisotopic (exact) mass is 322 g/mol. The summed E-state index contributed by atoms with van der Waals surface area (Å²) in [4.78, 5) is 35.3. The fraction of sp³-hybridized carbons (Fsp3) is 0.667. The van der Waals surface area contributed by atoms with Crippen LogP contribution in [0.5, 0.6) is 0 Å². The molecule has 0 radical (unpaired) electrons. The lowest BCUT2D eigenvalue weighted by Crippen LogP contribution is -2.66. The fourth-order valence-electron chi connectivity index (χ4n) is 3.38. The molecule has 6 nitrogen and oxygen atoms in total. The first-order valence-electron chi connectivity index (χ1n) is 7.59. The molecule has 2 aliphatic rings. The minimum atomic E-state index is -0.254. The van der Waals surface area contributed by atoms with Crippen LogP contribution in [-0.4, -0.2) is 71.8 Å². The van der Waals surface area contributed by atoms with E-state index < -0.39 is 0 Å². The number of hydrogen-bond acceptors (Lipinski definition) is 5. The summed E-state index contributed by atoms with van der Waals surface area (Å²) in [6.45, 7) is 3.50. The van der Waals surface area contributed by atoms with Gasteiger partial charge in [0.1, 0.15) is 0 Å². The van der Waals surface area contributed by atoms with E-state index in [0.717, 1.165) is 30.8 Å². The van der Waals surface area contributed by atoms with Gasteiger partial charge in [-0.15, -0.1) is 11.3 Å². The fourth-order valence-corrected chi connectivity index (χ4v) is 3.99. The Hall–Kier alpha value is -1.47. The second kappa shape index (κ2) is 5.96. The molecule has 0 aliphatic carbocycles. The Bertz CT molecular complexity index is 560. The average Bonchev–Trinajstić information content (AvgIpc) is 3.00. The number of piperidine rings is 1. The number of carbonyl (C=O) groups excluding carboxylic acids is 2. The van der Waals surface area contributed by atoms with Crippen LogP contribution < -0.4 is 0 Å². The molecule has 2 amide bonds. The van der Waals surface area contributed by atoms with E-state index in [2.05, 4.69) is 9.88 Å². The topological polar surface area (TPSA) is 56.8 Å². The molecule has 120 valence electrons. The van der Waals surface area contributed by atoms with Crippen molar-refractivity contribution in [3.8, 4) is 0 Å². The highest BCUT2D eigenvalue weighted by Crippen LogP contribution is 2.41. The summed E-state index contributed by atoms with van der Waals surface area (Å²) in [7, 11) is 3.54. The highest BCUT2D eigenvalue weighted by Gasteiger charge is 2.53. The van der Waals surface area contributed by atoms with Crippen molar-refractivity contribution in [2.75, 3.05) is 40.3 Å². The van der Waals surface area contributed by atoms with Crippen molar-refractivity contribution in [2.24, 2.45) is 5.41 Å². The number of likely N-dealkylation sites (N-methyl/N-ethyl adjacent to an activating group) is 1. The predicted molar refractivity (Wildman–Crippen MR) is 84.3 cm³/mol. The summed E-state index contributed by atoms with van der Waals surface area (Å²) in [6.07, 6.45) is 3.75. The van der Waals surface area contributed by atoms with Gasteiger partial charge in [-0.1, -0.05) is 0 Å². The third-order valence-corrected chi connectivity index (χ3v) is 5.34. The third kappa shape index (κ3) is 2.87. The highest BCUT2D eigenvalue weighted by atomic mass is 32.1. The van der Waals surface area contributed by atoms with Crippen molar-refractivity contribution < 1.29 is 9.59 Å². The van der Waals surface area contributed by atoms with Crippen molar-refractivity contribution in [3.63, 3.8) is 0 Å². The zero-order chi connectivity index (χ0) is 15.7. The molecule has 3 heterocycles. The van der Waals surface area contributed by atoms with Gasteiger partial charge >= 0.3 is 0 Å². The number of hydrogen-bond donors (Lipinski definition) is 0. The predicted octanol–water partition coefficient (Wildman–Crippen LogP) is 0.656. The van der Waals surface area contributed by atoms with E-state index in [-0.39, 0.29) is 17.2 Å². The van der Waals surface area contributed by atoms with Gasteiger partial charge in [0.05, 0.1) is 24.0 Å². The number of rotatable bonds is 4. The molecule has 22 heavy (non-hydrogen) atoms. The molecule has 1 atom stereocenters. The number of thiazole rings is 1. The molecule has 0 bridgehead atoms. The Balaban J connectivity index is 1.58. The van der Waals surface area contributed by atoms with E-state index in [4.69, 9.17) is 0 Å². The zero-order valence-corrected chi connectivity index (χ0v) is 13.9. The molecule has 2 aliphatic heterocycles. The molecule has 1 aromatic heterocycles. The van der Waals surface area contributed by atoms with Gasteiger partial charge in [0, 0.05) is 38.3 Å². The number of amides is 2. The number of nitrogens with zero attached hydrogens (tertiary/aromatic N) is 4. The Kier molecular flexibility index (Phi) is 4.18. The van der Waals surface area contributed by atoms with Gasteiger partial charge in [0.25, 0.3) is 0 Å². The lowest BCUT2D eigenvalue weighted by Gasteiger charge is -2.53. The van der Waals surface area contributed by atoms with Crippen molar-refractivity contribution in [2.45, 2.75) is 19.4 Å². The van der Waals surface area contributed by atoms with Crippen LogP contribution in [0.2, 0.25) is 0 Å². The van der Waals surface area contributed by atoms with Crippen LogP contribution in [0.4, 0.5) is 0 Å². The Labute approximate surface area is 134 Å². The van der Waals surface area contributed by atoms with Gasteiger partial charge in [0.2, 0.25) is 11.8 Å². The van der Waals surface area contributed by atoms with Gasteiger partial charge in [-0.3, -0.25) is 19.5 Å². The van der Waals surface area contributed by atoms with Crippen LogP contribution in [0.25, 0.3) is 0 Å². The van der Waals surface area contributed by atoms with E-state index in [1.54, 1.807) is 35.8 Å². The maximum atomic E-state index is 12.6. The smallest absolute Gasteiger partial charge is 0.236 e. The van der Waals surface area contributed by atoms with E-state index >= 15 is 0 Å². The Morgan fingerprint density at radius 3 is 2.91 bits per heavy atom. The minimum Gasteiger partial charge on any atom is -0.348 e. The Morgan fingerprint density at radius 1 is 1.45 bits per heavy atom. The molecule has 1 spiro atoms. The van der Waals surface area contributed by atoms with Crippen molar-refractivity contribution in [1.82, 2.24) is 19.7 Å². The van der Waals surface area contributed by atoms with Crippen LogP contribution in [0.3, 0.4) is 0 Å². The summed E-state index contributed by atoms with van der Waals surface area (Å²) >= 11 is 1.58. The van der Waals surface area contributed by atoms with Crippen molar-refractivity contribution in [3.05, 3.63) is 16.6 Å². The first-order valence-corrected chi connectivity index (χ1v) is 8.47. The second-order valence-corrected chi connectivity index (χ2v) is 7.48. The maximum Gasteiger partial charge on any atom is 0.236 e. The minimum absolute atomic E-state index is 0.102. The number of likely N-dealkylation sites (tertiary alicyclic amines) is 2.